The van der Waals surface area contributed by atoms with Crippen molar-refractivity contribution in [2.75, 3.05) is 0 Å². The van der Waals surface area contributed by atoms with E-state index < -0.39 is 11.9 Å². The van der Waals surface area contributed by atoms with Gasteiger partial charge in [-0.2, -0.15) is 0 Å². The Bertz CT molecular complexity index is 642. The van der Waals surface area contributed by atoms with E-state index in [0.29, 0.717) is 48.2 Å². The second-order valence-corrected chi connectivity index (χ2v) is 8.56. The van der Waals surface area contributed by atoms with Crippen LogP contribution in [0.5, 0.6) is 0 Å². The zero-order valence-corrected chi connectivity index (χ0v) is 14.1. The molecule has 0 aromatic heterocycles. The molecule has 0 radical (unpaired) electrons. The Labute approximate surface area is 135 Å². The smallest absolute Gasteiger partial charge is 0.315 e. The van der Waals surface area contributed by atoms with Crippen LogP contribution >= 0.6 is 0 Å². The molecule has 0 aromatic rings. The molecule has 0 saturated carbocycles. The molecule has 0 saturated heterocycles. The average molecular weight is 317 g/mol. The number of Topliss-reactive ketones (excluding diaryl/α,β-unsaturated/α-hetero) is 2. The van der Waals surface area contributed by atoms with Crippen LogP contribution in [-0.4, -0.2) is 22.6 Å². The largest absolute Gasteiger partial charge is 0.481 e. The van der Waals surface area contributed by atoms with Gasteiger partial charge >= 0.3 is 5.97 Å². The Kier molecular flexibility index (Phi) is 3.33. The van der Waals surface area contributed by atoms with Crippen LogP contribution in [0.15, 0.2) is 22.5 Å². The van der Waals surface area contributed by atoms with Crippen molar-refractivity contribution in [3.63, 3.8) is 0 Å². The van der Waals surface area contributed by atoms with Gasteiger partial charge in [-0.3, -0.25) is 14.4 Å². The zero-order valence-electron chi connectivity index (χ0n) is 14.1. The molecule has 5 nitrogen and oxygen atoms in total. The maximum Gasteiger partial charge on any atom is 0.315 e. The fourth-order valence-corrected chi connectivity index (χ4v) is 4.14. The van der Waals surface area contributed by atoms with Gasteiger partial charge < -0.3 is 10.4 Å². The Morgan fingerprint density at radius 1 is 0.913 bits per heavy atom. The number of dihydropyridines is 1. The molecule has 5 heteroatoms. The molecule has 0 aromatic carbocycles. The van der Waals surface area contributed by atoms with Crippen molar-refractivity contribution in [1.29, 1.82) is 0 Å². The lowest BCUT2D eigenvalue weighted by Gasteiger charge is -2.42. The number of carboxylic acids is 1. The molecule has 0 spiro atoms. The lowest BCUT2D eigenvalue weighted by atomic mass is 9.65. The van der Waals surface area contributed by atoms with Crippen LogP contribution in [0.3, 0.4) is 0 Å². The standard InChI is InChI=1S/C18H23NO4/c1-17(2)5-9-13(11(20)7-17)15(16(22)23)14-10(19-9)6-18(3,4)8-12(14)21/h15,19H,5-8H2,1-4H3,(H,22,23). The van der Waals surface area contributed by atoms with Gasteiger partial charge in [0.15, 0.2) is 11.6 Å². The molecule has 0 fully saturated rings. The van der Waals surface area contributed by atoms with Gasteiger partial charge in [-0.1, -0.05) is 27.7 Å². The number of hydrogen-bond acceptors (Lipinski definition) is 4. The zero-order chi connectivity index (χ0) is 17.2. The minimum atomic E-state index is -1.10. The quantitative estimate of drug-likeness (QED) is 0.776. The van der Waals surface area contributed by atoms with Gasteiger partial charge in [0.2, 0.25) is 0 Å². The summed E-state index contributed by atoms with van der Waals surface area (Å²) in [6.45, 7) is 8.02. The summed E-state index contributed by atoms with van der Waals surface area (Å²) in [6.07, 6.45) is 1.89. The third-order valence-corrected chi connectivity index (χ3v) is 4.97. The van der Waals surface area contributed by atoms with Crippen LogP contribution in [-0.2, 0) is 14.4 Å². The fourth-order valence-electron chi connectivity index (χ4n) is 4.14. The average Bonchev–Trinajstić information content (AvgIpc) is 2.32. The monoisotopic (exact) mass is 317 g/mol. The highest BCUT2D eigenvalue weighted by Crippen LogP contribution is 2.47. The lowest BCUT2D eigenvalue weighted by molar-refractivity contribution is -0.141. The SMILES string of the molecule is CC1(C)CC(=O)C2=C(C1)NC1=C(C(=O)CC(C)(C)C1)C2C(=O)O. The van der Waals surface area contributed by atoms with E-state index in [1.807, 2.05) is 27.7 Å². The van der Waals surface area contributed by atoms with E-state index in [2.05, 4.69) is 5.32 Å². The summed E-state index contributed by atoms with van der Waals surface area (Å²) in [4.78, 5) is 37.0. The molecule has 0 amide bonds. The van der Waals surface area contributed by atoms with E-state index in [1.54, 1.807) is 0 Å². The van der Waals surface area contributed by atoms with E-state index in [1.165, 1.54) is 0 Å². The molecule has 2 N–H and O–H groups in total. The molecule has 0 unspecified atom stereocenters. The fraction of sp³-hybridized carbons (Fsp3) is 0.611. The lowest BCUT2D eigenvalue weighted by Crippen LogP contribution is -2.45. The number of hydrogen-bond donors (Lipinski definition) is 2. The van der Waals surface area contributed by atoms with Crippen molar-refractivity contribution in [2.45, 2.75) is 53.4 Å². The summed E-state index contributed by atoms with van der Waals surface area (Å²) in [5.41, 5.74) is 1.59. The first-order valence-electron chi connectivity index (χ1n) is 8.03. The summed E-state index contributed by atoms with van der Waals surface area (Å²) >= 11 is 0. The first-order chi connectivity index (χ1) is 10.5. The maximum absolute atomic E-state index is 12.6. The van der Waals surface area contributed by atoms with Crippen LogP contribution in [0, 0.1) is 16.7 Å². The van der Waals surface area contributed by atoms with Gasteiger partial charge in [0.1, 0.15) is 5.92 Å². The summed E-state index contributed by atoms with van der Waals surface area (Å²) in [7, 11) is 0. The molecule has 2 aliphatic carbocycles. The van der Waals surface area contributed by atoms with E-state index in [-0.39, 0.29) is 22.4 Å². The molecular formula is C18H23NO4. The molecule has 1 heterocycles. The highest BCUT2D eigenvalue weighted by atomic mass is 16.4. The van der Waals surface area contributed by atoms with Crippen molar-refractivity contribution in [3.05, 3.63) is 22.5 Å². The van der Waals surface area contributed by atoms with Crippen LogP contribution in [0.25, 0.3) is 0 Å². The van der Waals surface area contributed by atoms with Gasteiger partial charge in [-0.15, -0.1) is 0 Å². The van der Waals surface area contributed by atoms with E-state index >= 15 is 0 Å². The first kappa shape index (κ1) is 16.0. The van der Waals surface area contributed by atoms with Crippen molar-refractivity contribution in [1.82, 2.24) is 5.32 Å². The molecule has 1 aliphatic heterocycles. The Hall–Kier alpha value is -1.91. The van der Waals surface area contributed by atoms with Crippen LogP contribution in [0.4, 0.5) is 0 Å². The highest BCUT2D eigenvalue weighted by molar-refractivity contribution is 6.10. The number of allylic oxidation sites excluding steroid dienone is 2. The minimum Gasteiger partial charge on any atom is -0.481 e. The summed E-state index contributed by atoms with van der Waals surface area (Å²) in [6, 6.07) is 0. The summed E-state index contributed by atoms with van der Waals surface area (Å²) in [5.74, 6) is -2.51. The van der Waals surface area contributed by atoms with Gasteiger partial charge in [0, 0.05) is 35.4 Å². The van der Waals surface area contributed by atoms with Crippen LogP contribution in [0.1, 0.15) is 53.4 Å². The van der Waals surface area contributed by atoms with Gasteiger partial charge in [0.05, 0.1) is 0 Å². The Balaban J connectivity index is 2.13. The maximum atomic E-state index is 12.6. The van der Waals surface area contributed by atoms with Crippen molar-refractivity contribution in [3.8, 4) is 0 Å². The third-order valence-electron chi connectivity index (χ3n) is 4.97. The Morgan fingerprint density at radius 2 is 1.30 bits per heavy atom. The van der Waals surface area contributed by atoms with Gasteiger partial charge in [-0.25, -0.2) is 0 Å². The van der Waals surface area contributed by atoms with E-state index in [9.17, 15) is 19.5 Å². The van der Waals surface area contributed by atoms with Crippen molar-refractivity contribution < 1.29 is 19.5 Å². The topological polar surface area (TPSA) is 83.5 Å². The predicted octanol–water partition coefficient (Wildman–Crippen LogP) is 2.58. The predicted molar refractivity (Wildman–Crippen MR) is 84.4 cm³/mol. The summed E-state index contributed by atoms with van der Waals surface area (Å²) in [5, 5.41) is 13.0. The van der Waals surface area contributed by atoms with Crippen molar-refractivity contribution >= 4 is 17.5 Å². The van der Waals surface area contributed by atoms with Gasteiger partial charge in [-0.05, 0) is 23.7 Å². The first-order valence-corrected chi connectivity index (χ1v) is 8.03. The molecule has 3 rings (SSSR count). The molecular weight excluding hydrogens is 294 g/mol. The molecule has 124 valence electrons. The number of nitrogens with one attached hydrogen (secondary N) is 1. The van der Waals surface area contributed by atoms with Crippen LogP contribution < -0.4 is 5.32 Å². The molecule has 3 aliphatic rings. The second kappa shape index (κ2) is 4.79. The third kappa shape index (κ3) is 2.62. The molecule has 0 bridgehead atoms. The second-order valence-electron chi connectivity index (χ2n) is 8.56. The normalized spacial score (nSPS) is 26.6. The molecule has 0 atom stereocenters. The minimum absolute atomic E-state index is 0.152. The van der Waals surface area contributed by atoms with Crippen LogP contribution in [0.2, 0.25) is 0 Å². The number of ketones is 2. The van der Waals surface area contributed by atoms with E-state index in [0.717, 1.165) is 0 Å². The molecule has 23 heavy (non-hydrogen) atoms. The number of carboxylic acid groups (broad SMARTS) is 1. The summed E-state index contributed by atoms with van der Waals surface area (Å²) < 4.78 is 0. The number of aliphatic carboxylic acids is 1. The number of carbonyl (C=O) groups is 3. The van der Waals surface area contributed by atoms with Gasteiger partial charge in [0.25, 0.3) is 0 Å². The highest BCUT2D eigenvalue weighted by Gasteiger charge is 2.48. The number of rotatable bonds is 1. The number of carbonyl (C=O) groups excluding carboxylic acids is 2. The Morgan fingerprint density at radius 3 is 1.65 bits per heavy atom. The van der Waals surface area contributed by atoms with Crippen molar-refractivity contribution in [2.24, 2.45) is 16.7 Å². The van der Waals surface area contributed by atoms with E-state index in [4.69, 9.17) is 0 Å².